The van der Waals surface area contributed by atoms with Crippen molar-refractivity contribution in [3.8, 4) is 0 Å². The minimum Gasteiger partial charge on any atom is -0.347 e. The molecule has 3 aromatic rings. The normalized spacial score (nSPS) is 11.2. The lowest BCUT2D eigenvalue weighted by atomic mass is 10.1. The Kier molecular flexibility index (Phi) is 3.76. The van der Waals surface area contributed by atoms with Crippen LogP contribution in [0.3, 0.4) is 0 Å². The van der Waals surface area contributed by atoms with Crippen LogP contribution in [0.15, 0.2) is 47.7 Å². The van der Waals surface area contributed by atoms with Crippen molar-refractivity contribution in [1.82, 2.24) is 9.55 Å². The Morgan fingerprint density at radius 1 is 1.30 bits per heavy atom. The Labute approximate surface area is 132 Å². The van der Waals surface area contributed by atoms with Crippen molar-refractivity contribution >= 4 is 28.6 Å². The highest BCUT2D eigenvalue weighted by Crippen LogP contribution is 2.23. The van der Waals surface area contributed by atoms with E-state index in [1.807, 2.05) is 32.2 Å². The summed E-state index contributed by atoms with van der Waals surface area (Å²) in [5.74, 6) is 0.449. The van der Waals surface area contributed by atoms with Gasteiger partial charge in [0.05, 0.1) is 11.1 Å². The maximum Gasteiger partial charge on any atom is 0.287 e. The highest BCUT2D eigenvalue weighted by atomic mass is 16.6. The predicted octanol–water partition coefficient (Wildman–Crippen LogP) is 3.24. The van der Waals surface area contributed by atoms with Gasteiger partial charge in [-0.25, -0.2) is 4.98 Å². The first-order valence-corrected chi connectivity index (χ1v) is 7.01. The summed E-state index contributed by atoms with van der Waals surface area (Å²) in [4.78, 5) is 14.1. The van der Waals surface area contributed by atoms with Gasteiger partial charge >= 0.3 is 0 Å². The van der Waals surface area contributed by atoms with Crippen molar-refractivity contribution in [3.63, 3.8) is 0 Å². The first-order chi connectivity index (χ1) is 11.1. The van der Waals surface area contributed by atoms with Crippen LogP contribution < -0.4 is 5.43 Å². The van der Waals surface area contributed by atoms with Crippen LogP contribution in [0.2, 0.25) is 0 Å². The zero-order chi connectivity index (χ0) is 16.4. The highest BCUT2D eigenvalue weighted by Gasteiger charge is 2.09. The lowest BCUT2D eigenvalue weighted by Crippen LogP contribution is -1.96. The molecule has 2 aromatic heterocycles. The summed E-state index contributed by atoms with van der Waals surface area (Å²) < 4.78 is 2.11. The molecule has 0 fully saturated rings. The Morgan fingerprint density at radius 2 is 2.09 bits per heavy atom. The fraction of sp³-hybridized carbons (Fsp3) is 0.125. The van der Waals surface area contributed by atoms with Gasteiger partial charge < -0.3 is 4.57 Å². The molecule has 0 amide bonds. The van der Waals surface area contributed by atoms with Crippen LogP contribution in [0, 0.1) is 17.0 Å². The summed E-state index contributed by atoms with van der Waals surface area (Å²) in [7, 11) is 2.01. The molecule has 0 unspecified atom stereocenters. The molecule has 0 atom stereocenters. The molecule has 1 aromatic carbocycles. The molecular formula is C16H15N5O2. The first-order valence-electron chi connectivity index (χ1n) is 7.01. The quantitative estimate of drug-likeness (QED) is 0.455. The third-order valence-corrected chi connectivity index (χ3v) is 3.78. The standard InChI is InChI=1S/C16H15N5O2/c1-11-14(13-5-3-4-6-15(13)20(11)2)10-18-19-16-8-7-12(9-17-16)21(22)23/h3-10H,1-2H3,(H,17,19)/b18-10-. The summed E-state index contributed by atoms with van der Waals surface area (Å²) in [6, 6.07) is 11.0. The highest BCUT2D eigenvalue weighted by molar-refractivity contribution is 6.01. The summed E-state index contributed by atoms with van der Waals surface area (Å²) in [5.41, 5.74) is 6.00. The smallest absolute Gasteiger partial charge is 0.287 e. The van der Waals surface area contributed by atoms with E-state index in [4.69, 9.17) is 0 Å². The van der Waals surface area contributed by atoms with E-state index in [1.165, 1.54) is 18.3 Å². The molecule has 116 valence electrons. The Morgan fingerprint density at radius 3 is 2.78 bits per heavy atom. The number of anilines is 1. The number of fused-ring (bicyclic) bond motifs is 1. The van der Waals surface area contributed by atoms with Crippen molar-refractivity contribution < 1.29 is 4.92 Å². The van der Waals surface area contributed by atoms with Crippen LogP contribution >= 0.6 is 0 Å². The summed E-state index contributed by atoms with van der Waals surface area (Å²) >= 11 is 0. The van der Waals surface area contributed by atoms with Crippen LogP contribution in [0.25, 0.3) is 10.9 Å². The molecule has 0 saturated carbocycles. The van der Waals surface area contributed by atoms with Crippen LogP contribution in [-0.4, -0.2) is 20.7 Å². The predicted molar refractivity (Wildman–Crippen MR) is 89.8 cm³/mol. The number of pyridine rings is 1. The molecule has 3 rings (SSSR count). The van der Waals surface area contributed by atoms with Crippen LogP contribution in [0.4, 0.5) is 11.5 Å². The zero-order valence-corrected chi connectivity index (χ0v) is 12.7. The Balaban J connectivity index is 1.83. The number of hydrazone groups is 1. The molecule has 7 nitrogen and oxygen atoms in total. The maximum atomic E-state index is 10.6. The molecule has 0 saturated heterocycles. The van der Waals surface area contributed by atoms with Gasteiger partial charge in [-0.2, -0.15) is 5.10 Å². The molecule has 0 spiro atoms. The van der Waals surface area contributed by atoms with E-state index in [0.29, 0.717) is 5.82 Å². The third kappa shape index (κ3) is 2.76. The number of para-hydroxylation sites is 1. The van der Waals surface area contributed by atoms with Crippen molar-refractivity contribution in [2.45, 2.75) is 6.92 Å². The van der Waals surface area contributed by atoms with E-state index in [1.54, 1.807) is 6.21 Å². The largest absolute Gasteiger partial charge is 0.347 e. The average molecular weight is 309 g/mol. The van der Waals surface area contributed by atoms with E-state index >= 15 is 0 Å². The van der Waals surface area contributed by atoms with Gasteiger partial charge in [0.1, 0.15) is 12.0 Å². The van der Waals surface area contributed by atoms with Crippen molar-refractivity contribution in [2.75, 3.05) is 5.43 Å². The molecule has 23 heavy (non-hydrogen) atoms. The second kappa shape index (κ2) is 5.88. The van der Waals surface area contributed by atoms with Crippen molar-refractivity contribution in [3.05, 3.63) is 64.0 Å². The lowest BCUT2D eigenvalue weighted by Gasteiger charge is -1.99. The number of hydrogen-bond donors (Lipinski definition) is 1. The topological polar surface area (TPSA) is 85.3 Å². The number of aromatic nitrogens is 2. The molecule has 0 aliphatic rings. The van der Waals surface area contributed by atoms with Gasteiger partial charge in [0.2, 0.25) is 0 Å². The monoisotopic (exact) mass is 309 g/mol. The van der Waals surface area contributed by atoms with Gasteiger partial charge in [0.25, 0.3) is 5.69 Å². The molecule has 0 bridgehead atoms. The average Bonchev–Trinajstić information content (AvgIpc) is 2.81. The second-order valence-electron chi connectivity index (χ2n) is 5.10. The zero-order valence-electron chi connectivity index (χ0n) is 12.7. The minimum absolute atomic E-state index is 0.0515. The molecular weight excluding hydrogens is 294 g/mol. The van der Waals surface area contributed by atoms with Crippen LogP contribution in [0.5, 0.6) is 0 Å². The van der Waals surface area contributed by atoms with Crippen molar-refractivity contribution in [2.24, 2.45) is 12.1 Å². The number of nitrogens with zero attached hydrogens (tertiary/aromatic N) is 4. The third-order valence-electron chi connectivity index (χ3n) is 3.78. The van der Waals surface area contributed by atoms with Crippen LogP contribution in [0.1, 0.15) is 11.3 Å². The van der Waals surface area contributed by atoms with Gasteiger partial charge in [-0.1, -0.05) is 18.2 Å². The molecule has 0 radical (unpaired) electrons. The maximum absolute atomic E-state index is 10.6. The summed E-state index contributed by atoms with van der Waals surface area (Å²) in [6.45, 7) is 2.03. The van der Waals surface area contributed by atoms with Gasteiger partial charge in [-0.15, -0.1) is 0 Å². The van der Waals surface area contributed by atoms with E-state index in [0.717, 1.165) is 22.2 Å². The van der Waals surface area contributed by atoms with E-state index in [2.05, 4.69) is 26.1 Å². The molecule has 2 heterocycles. The number of hydrogen-bond acceptors (Lipinski definition) is 5. The van der Waals surface area contributed by atoms with Gasteiger partial charge in [0.15, 0.2) is 0 Å². The number of nitrogens with one attached hydrogen (secondary N) is 1. The van der Waals surface area contributed by atoms with Gasteiger partial charge in [0, 0.05) is 35.3 Å². The summed E-state index contributed by atoms with van der Waals surface area (Å²) in [5, 5.41) is 15.9. The van der Waals surface area contributed by atoms with Gasteiger partial charge in [-0.05, 0) is 19.1 Å². The lowest BCUT2D eigenvalue weighted by molar-refractivity contribution is -0.385. The minimum atomic E-state index is -0.487. The molecule has 1 N–H and O–H groups in total. The van der Waals surface area contributed by atoms with E-state index < -0.39 is 4.92 Å². The fourth-order valence-corrected chi connectivity index (χ4v) is 2.44. The first kappa shape index (κ1) is 14.7. The van der Waals surface area contributed by atoms with E-state index in [9.17, 15) is 10.1 Å². The SMILES string of the molecule is Cc1c(/C=N\Nc2ccc([N+](=O)[O-])cn2)c2ccccc2n1C. The molecule has 0 aliphatic carbocycles. The summed E-state index contributed by atoms with van der Waals surface area (Å²) in [6.07, 6.45) is 2.93. The van der Waals surface area contributed by atoms with Crippen molar-refractivity contribution in [1.29, 1.82) is 0 Å². The Hall–Kier alpha value is -3.22. The number of aryl methyl sites for hydroxylation is 1. The molecule has 0 aliphatic heterocycles. The van der Waals surface area contributed by atoms with Crippen LogP contribution in [-0.2, 0) is 7.05 Å². The number of nitro groups is 1. The fourth-order valence-electron chi connectivity index (χ4n) is 2.44. The number of benzene rings is 1. The van der Waals surface area contributed by atoms with Gasteiger partial charge in [-0.3, -0.25) is 15.5 Å². The van der Waals surface area contributed by atoms with E-state index in [-0.39, 0.29) is 5.69 Å². The Bertz CT molecular complexity index is 897. The number of rotatable bonds is 4. The molecule has 7 heteroatoms. The second-order valence-corrected chi connectivity index (χ2v) is 5.10.